The van der Waals surface area contributed by atoms with Gasteiger partial charge in [0.1, 0.15) is 6.07 Å². The van der Waals surface area contributed by atoms with Crippen LogP contribution in [0.2, 0.25) is 0 Å². The van der Waals surface area contributed by atoms with Gasteiger partial charge >= 0.3 is 0 Å². The van der Waals surface area contributed by atoms with E-state index in [4.69, 9.17) is 5.26 Å². The molecule has 1 aromatic heterocycles. The smallest absolute Gasteiger partial charge is 0.100 e. The van der Waals surface area contributed by atoms with Crippen LogP contribution in [-0.2, 0) is 12.8 Å². The fraction of sp³-hybridized carbons (Fsp3) is 0.500. The molecule has 1 heterocycles. The Morgan fingerprint density at radius 2 is 2.50 bits per heavy atom. The van der Waals surface area contributed by atoms with Crippen molar-refractivity contribution in [3.05, 3.63) is 21.4 Å². The summed E-state index contributed by atoms with van der Waals surface area (Å²) in [5.41, 5.74) is 2.25. The minimum absolute atomic E-state index is 0.763. The van der Waals surface area contributed by atoms with Crippen molar-refractivity contribution < 1.29 is 0 Å². The summed E-state index contributed by atoms with van der Waals surface area (Å²) in [5.74, 6) is 0.763. The highest BCUT2D eigenvalue weighted by Gasteiger charge is 2.19. The molecule has 2 rings (SSSR count). The third kappa shape index (κ3) is 1.15. The highest BCUT2D eigenvalue weighted by molar-refractivity contribution is 7.10. The number of rotatable bonds is 0. The number of nitrogens with zero attached hydrogens (tertiary/aromatic N) is 1. The van der Waals surface area contributed by atoms with Crippen LogP contribution in [0.3, 0.4) is 0 Å². The summed E-state index contributed by atoms with van der Waals surface area (Å²) in [6.07, 6.45) is 3.59. The molecule has 0 saturated heterocycles. The Labute approximate surface area is 76.6 Å². The van der Waals surface area contributed by atoms with Crippen LogP contribution in [0.4, 0.5) is 0 Å². The van der Waals surface area contributed by atoms with E-state index in [0.29, 0.717) is 0 Å². The molecule has 0 saturated carbocycles. The lowest BCUT2D eigenvalue weighted by Gasteiger charge is -2.17. The highest BCUT2D eigenvalue weighted by Crippen LogP contribution is 2.32. The summed E-state index contributed by atoms with van der Waals surface area (Å²) in [6.45, 7) is 2.27. The molecule has 0 amide bonds. The van der Waals surface area contributed by atoms with Crippen LogP contribution in [-0.4, -0.2) is 0 Å². The number of fused-ring (bicyclic) bond motifs is 1. The molecule has 1 nitrogen and oxygen atoms in total. The minimum Gasteiger partial charge on any atom is -0.192 e. The second-order valence-electron chi connectivity index (χ2n) is 3.51. The maximum Gasteiger partial charge on any atom is 0.100 e. The van der Waals surface area contributed by atoms with E-state index < -0.39 is 0 Å². The van der Waals surface area contributed by atoms with Gasteiger partial charge in [-0.05, 0) is 30.7 Å². The topological polar surface area (TPSA) is 23.8 Å². The maximum absolute atomic E-state index is 8.83. The van der Waals surface area contributed by atoms with Crippen molar-refractivity contribution in [2.24, 2.45) is 5.92 Å². The van der Waals surface area contributed by atoms with Gasteiger partial charge in [0, 0.05) is 10.3 Å². The number of thiophene rings is 1. The van der Waals surface area contributed by atoms with Crippen molar-refractivity contribution in [3.63, 3.8) is 0 Å². The molecule has 0 aromatic carbocycles. The Kier molecular flexibility index (Phi) is 1.90. The van der Waals surface area contributed by atoms with Crippen molar-refractivity contribution in [1.29, 1.82) is 5.26 Å². The zero-order chi connectivity index (χ0) is 8.55. The van der Waals surface area contributed by atoms with Crippen LogP contribution >= 0.6 is 11.3 Å². The van der Waals surface area contributed by atoms with Crippen molar-refractivity contribution in [1.82, 2.24) is 0 Å². The first kappa shape index (κ1) is 7.82. The van der Waals surface area contributed by atoms with E-state index in [1.54, 1.807) is 11.3 Å². The van der Waals surface area contributed by atoms with Crippen LogP contribution in [0.25, 0.3) is 0 Å². The zero-order valence-corrected chi connectivity index (χ0v) is 7.95. The molecular weight excluding hydrogens is 166 g/mol. The largest absolute Gasteiger partial charge is 0.192 e. The summed E-state index contributed by atoms with van der Waals surface area (Å²) in [7, 11) is 0. The molecule has 2 heteroatoms. The van der Waals surface area contributed by atoms with Gasteiger partial charge in [-0.25, -0.2) is 0 Å². The molecule has 0 aliphatic heterocycles. The SMILES string of the molecule is CC1CCc2scc(C#N)c2C1. The third-order valence-electron chi connectivity index (χ3n) is 2.52. The average Bonchev–Trinajstić information content (AvgIpc) is 2.46. The van der Waals surface area contributed by atoms with E-state index >= 15 is 0 Å². The molecule has 62 valence electrons. The molecule has 0 radical (unpaired) electrons. The van der Waals surface area contributed by atoms with E-state index in [-0.39, 0.29) is 0 Å². The lowest BCUT2D eigenvalue weighted by atomic mass is 9.88. The minimum atomic E-state index is 0.763. The van der Waals surface area contributed by atoms with Crippen LogP contribution in [0.1, 0.15) is 29.3 Å². The van der Waals surface area contributed by atoms with Gasteiger partial charge in [0.05, 0.1) is 5.56 Å². The lowest BCUT2D eigenvalue weighted by molar-refractivity contribution is 0.506. The van der Waals surface area contributed by atoms with Gasteiger partial charge in [-0.2, -0.15) is 5.26 Å². The first-order chi connectivity index (χ1) is 5.81. The number of hydrogen-bond donors (Lipinski definition) is 0. The standard InChI is InChI=1S/C10H11NS/c1-7-2-3-10-9(4-7)8(5-11)6-12-10/h6-7H,2-4H2,1H3. The molecule has 1 atom stereocenters. The molecule has 0 bridgehead atoms. The molecule has 0 fully saturated rings. The fourth-order valence-electron chi connectivity index (χ4n) is 1.78. The van der Waals surface area contributed by atoms with Crippen molar-refractivity contribution in [3.8, 4) is 6.07 Å². The van der Waals surface area contributed by atoms with Crippen molar-refractivity contribution in [2.45, 2.75) is 26.2 Å². The van der Waals surface area contributed by atoms with Gasteiger partial charge in [0.2, 0.25) is 0 Å². The van der Waals surface area contributed by atoms with Gasteiger partial charge in [0.15, 0.2) is 0 Å². The summed E-state index contributed by atoms with van der Waals surface area (Å²) in [5, 5.41) is 10.8. The second kappa shape index (κ2) is 2.91. The monoisotopic (exact) mass is 177 g/mol. The number of hydrogen-bond acceptors (Lipinski definition) is 2. The van der Waals surface area contributed by atoms with E-state index in [1.807, 2.05) is 5.38 Å². The predicted octanol–water partition coefficient (Wildman–Crippen LogP) is 2.74. The Hall–Kier alpha value is -0.810. The van der Waals surface area contributed by atoms with Crippen LogP contribution in [0, 0.1) is 17.2 Å². The van der Waals surface area contributed by atoms with E-state index in [2.05, 4.69) is 13.0 Å². The Morgan fingerprint density at radius 1 is 1.67 bits per heavy atom. The molecule has 12 heavy (non-hydrogen) atoms. The van der Waals surface area contributed by atoms with Gasteiger partial charge in [0.25, 0.3) is 0 Å². The average molecular weight is 177 g/mol. The van der Waals surface area contributed by atoms with Crippen molar-refractivity contribution in [2.75, 3.05) is 0 Å². The number of aryl methyl sites for hydroxylation is 1. The third-order valence-corrected chi connectivity index (χ3v) is 3.61. The Morgan fingerprint density at radius 3 is 3.25 bits per heavy atom. The number of nitriles is 1. The summed E-state index contributed by atoms with van der Waals surface area (Å²) >= 11 is 1.76. The molecule has 0 N–H and O–H groups in total. The van der Waals surface area contributed by atoms with Crippen LogP contribution in [0.15, 0.2) is 5.38 Å². The lowest BCUT2D eigenvalue weighted by Crippen LogP contribution is -2.09. The van der Waals surface area contributed by atoms with E-state index in [9.17, 15) is 0 Å². The van der Waals surface area contributed by atoms with Crippen LogP contribution < -0.4 is 0 Å². The van der Waals surface area contributed by atoms with Gasteiger partial charge < -0.3 is 0 Å². The summed E-state index contributed by atoms with van der Waals surface area (Å²) in [4.78, 5) is 1.45. The Balaban J connectivity index is 2.42. The van der Waals surface area contributed by atoms with Crippen molar-refractivity contribution >= 4 is 11.3 Å². The molecular formula is C10H11NS. The molecule has 0 spiro atoms. The maximum atomic E-state index is 8.83. The fourth-order valence-corrected chi connectivity index (χ4v) is 2.80. The van der Waals surface area contributed by atoms with Crippen LogP contribution in [0.5, 0.6) is 0 Å². The van der Waals surface area contributed by atoms with Gasteiger partial charge in [-0.3, -0.25) is 0 Å². The normalized spacial score (nSPS) is 21.5. The Bertz CT molecular complexity index is 332. The first-order valence-corrected chi connectivity index (χ1v) is 5.18. The highest BCUT2D eigenvalue weighted by atomic mass is 32.1. The van der Waals surface area contributed by atoms with E-state index in [1.165, 1.54) is 23.3 Å². The molecule has 1 aliphatic rings. The molecule has 1 unspecified atom stereocenters. The predicted molar refractivity (Wildman–Crippen MR) is 50.2 cm³/mol. The van der Waals surface area contributed by atoms with E-state index in [0.717, 1.165) is 17.9 Å². The summed E-state index contributed by atoms with van der Waals surface area (Å²) in [6, 6.07) is 2.27. The quantitative estimate of drug-likeness (QED) is 0.597. The summed E-state index contributed by atoms with van der Waals surface area (Å²) < 4.78 is 0. The second-order valence-corrected chi connectivity index (χ2v) is 4.48. The molecule has 1 aromatic rings. The molecule has 1 aliphatic carbocycles. The van der Waals surface area contributed by atoms with Gasteiger partial charge in [-0.15, -0.1) is 11.3 Å². The first-order valence-electron chi connectivity index (χ1n) is 4.30. The van der Waals surface area contributed by atoms with Gasteiger partial charge in [-0.1, -0.05) is 6.92 Å². The zero-order valence-electron chi connectivity index (χ0n) is 7.13.